The highest BCUT2D eigenvalue weighted by molar-refractivity contribution is 6.31. The number of hydrogen-bond acceptors (Lipinski definition) is 5. The molecule has 12 heteroatoms. The van der Waals surface area contributed by atoms with Crippen molar-refractivity contribution in [2.75, 3.05) is 6.54 Å². The molecule has 2 aliphatic rings. The van der Waals surface area contributed by atoms with Gasteiger partial charge in [0.1, 0.15) is 5.82 Å². The zero-order valence-electron chi connectivity index (χ0n) is 14.8. The van der Waals surface area contributed by atoms with Gasteiger partial charge in [0, 0.05) is 11.2 Å². The Morgan fingerprint density at radius 2 is 1.93 bits per heavy atom. The number of hydrazine groups is 1. The first-order valence-electron chi connectivity index (χ1n) is 8.60. The van der Waals surface area contributed by atoms with Crippen LogP contribution in [-0.2, 0) is 15.1 Å². The Kier molecular flexibility index (Phi) is 5.78. The van der Waals surface area contributed by atoms with Crippen molar-refractivity contribution in [1.82, 2.24) is 16.2 Å². The van der Waals surface area contributed by atoms with Gasteiger partial charge in [-0.25, -0.2) is 9.38 Å². The Hall–Kier alpha value is -2.69. The number of carbonyl (C=O) groups excluding carboxylic acids is 2. The maximum Gasteiger partial charge on any atom is 0.472 e. The molecule has 1 aromatic rings. The summed E-state index contributed by atoms with van der Waals surface area (Å²) >= 11 is 6.18. The van der Waals surface area contributed by atoms with Crippen LogP contribution in [0.15, 0.2) is 28.2 Å². The third kappa shape index (κ3) is 4.66. The highest BCUT2D eigenvalue weighted by Gasteiger charge is 2.42. The van der Waals surface area contributed by atoms with E-state index in [2.05, 4.69) is 15.3 Å². The number of rotatable bonds is 3. The van der Waals surface area contributed by atoms with Crippen molar-refractivity contribution >= 4 is 35.6 Å². The summed E-state index contributed by atoms with van der Waals surface area (Å²) in [5, 5.41) is 3.44. The zero-order chi connectivity index (χ0) is 21.2. The predicted molar refractivity (Wildman–Crippen MR) is 96.7 cm³/mol. The van der Waals surface area contributed by atoms with E-state index < -0.39 is 35.3 Å². The molecule has 1 aliphatic heterocycles. The Morgan fingerprint density at radius 1 is 1.21 bits per heavy atom. The number of halogens is 5. The standard InChI is InChI=1S/C17H16ClF4N5O2/c18-12-6-10(19)2-3-11(12)16(4-1-5-16)25-15-23-7-9(8-24-15)13(28)26-27-14(29)17(20,21)22/h2-3,6-7,9H,1,4-5,8H2,(H,24,25)(H,26,28)(H,27,29). The second-order valence-corrected chi connectivity index (χ2v) is 7.08. The van der Waals surface area contributed by atoms with Crippen LogP contribution in [0.1, 0.15) is 24.8 Å². The quantitative estimate of drug-likeness (QED) is 0.504. The van der Waals surface area contributed by atoms with E-state index in [4.69, 9.17) is 11.6 Å². The van der Waals surface area contributed by atoms with E-state index in [1.807, 2.05) is 0 Å². The predicted octanol–water partition coefficient (Wildman–Crippen LogP) is 2.21. The lowest BCUT2D eigenvalue weighted by molar-refractivity contribution is -0.175. The first kappa shape index (κ1) is 21.0. The maximum absolute atomic E-state index is 13.3. The van der Waals surface area contributed by atoms with Crippen LogP contribution in [0.25, 0.3) is 0 Å². The minimum Gasteiger partial charge on any atom is -0.345 e. The molecule has 0 radical (unpaired) electrons. The maximum atomic E-state index is 13.3. The molecule has 0 saturated heterocycles. The number of aliphatic imine (C=N–C) groups is 2. The summed E-state index contributed by atoms with van der Waals surface area (Å²) in [6.45, 7) is -0.0766. The molecule has 7 nitrogen and oxygen atoms in total. The van der Waals surface area contributed by atoms with Crippen LogP contribution in [0, 0.1) is 11.7 Å². The largest absolute Gasteiger partial charge is 0.472 e. The van der Waals surface area contributed by atoms with Gasteiger partial charge in [0.25, 0.3) is 0 Å². The summed E-state index contributed by atoms with van der Waals surface area (Å²) in [5.41, 5.74) is 3.12. The van der Waals surface area contributed by atoms with Crippen LogP contribution in [-0.4, -0.2) is 36.7 Å². The average molecular weight is 434 g/mol. The molecule has 156 valence electrons. The van der Waals surface area contributed by atoms with Gasteiger partial charge in [-0.2, -0.15) is 13.2 Å². The van der Waals surface area contributed by atoms with Crippen molar-refractivity contribution in [3.8, 4) is 0 Å². The second-order valence-electron chi connectivity index (χ2n) is 6.67. The van der Waals surface area contributed by atoms with E-state index in [1.54, 1.807) is 11.5 Å². The Labute approximate surface area is 167 Å². The molecule has 3 rings (SSSR count). The molecule has 3 N–H and O–H groups in total. The van der Waals surface area contributed by atoms with E-state index >= 15 is 0 Å². The molecular formula is C17H16ClF4N5O2. The molecule has 1 atom stereocenters. The minimum absolute atomic E-state index is 0.0766. The number of hydrogen-bond donors (Lipinski definition) is 3. The van der Waals surface area contributed by atoms with Gasteiger partial charge in [-0.15, -0.1) is 0 Å². The fourth-order valence-corrected chi connectivity index (χ4v) is 3.37. The fourth-order valence-electron chi connectivity index (χ4n) is 3.02. The molecule has 1 heterocycles. The fraction of sp³-hybridized carbons (Fsp3) is 0.412. The van der Waals surface area contributed by atoms with Gasteiger partial charge >= 0.3 is 12.1 Å². The zero-order valence-corrected chi connectivity index (χ0v) is 15.6. The van der Waals surface area contributed by atoms with Crippen molar-refractivity contribution in [3.63, 3.8) is 0 Å². The molecule has 2 amide bonds. The van der Waals surface area contributed by atoms with Gasteiger partial charge in [0.15, 0.2) is 0 Å². The molecule has 0 spiro atoms. The number of carbonyl (C=O) groups is 2. The summed E-state index contributed by atoms with van der Waals surface area (Å²) in [6.07, 6.45) is -1.52. The van der Waals surface area contributed by atoms with E-state index in [9.17, 15) is 27.2 Å². The minimum atomic E-state index is -5.11. The van der Waals surface area contributed by atoms with Crippen LogP contribution >= 0.6 is 11.6 Å². The lowest BCUT2D eigenvalue weighted by Gasteiger charge is -2.44. The number of nitrogens with one attached hydrogen (secondary N) is 3. The highest BCUT2D eigenvalue weighted by Crippen LogP contribution is 2.44. The third-order valence-electron chi connectivity index (χ3n) is 4.71. The van der Waals surface area contributed by atoms with Gasteiger partial charge in [-0.05, 0) is 37.0 Å². The first-order chi connectivity index (χ1) is 13.6. The van der Waals surface area contributed by atoms with E-state index in [0.29, 0.717) is 5.56 Å². The lowest BCUT2D eigenvalue weighted by Crippen LogP contribution is -2.52. The van der Waals surface area contributed by atoms with Crippen molar-refractivity contribution in [1.29, 1.82) is 0 Å². The van der Waals surface area contributed by atoms with Crippen molar-refractivity contribution < 1.29 is 27.2 Å². The number of nitrogens with zero attached hydrogens (tertiary/aromatic N) is 2. The average Bonchev–Trinajstić information content (AvgIpc) is 2.62. The number of benzene rings is 1. The Bertz CT molecular complexity index is 883. The van der Waals surface area contributed by atoms with Crippen LogP contribution in [0.4, 0.5) is 17.6 Å². The lowest BCUT2D eigenvalue weighted by atomic mass is 9.72. The summed E-state index contributed by atoms with van der Waals surface area (Å²) in [6, 6.07) is 4.13. The summed E-state index contributed by atoms with van der Waals surface area (Å²) < 4.78 is 49.7. The van der Waals surface area contributed by atoms with Crippen LogP contribution in [0.2, 0.25) is 5.02 Å². The third-order valence-corrected chi connectivity index (χ3v) is 5.03. The second kappa shape index (κ2) is 7.97. The first-order valence-corrected chi connectivity index (χ1v) is 8.98. The van der Waals surface area contributed by atoms with E-state index in [1.165, 1.54) is 23.8 Å². The molecule has 29 heavy (non-hydrogen) atoms. The summed E-state index contributed by atoms with van der Waals surface area (Å²) in [5.74, 6) is -4.33. The molecule has 1 fully saturated rings. The van der Waals surface area contributed by atoms with Crippen LogP contribution in [0.3, 0.4) is 0 Å². The van der Waals surface area contributed by atoms with Gasteiger partial charge < -0.3 is 5.32 Å². The molecule has 1 saturated carbocycles. The van der Waals surface area contributed by atoms with Crippen LogP contribution < -0.4 is 16.2 Å². The Balaban J connectivity index is 1.60. The van der Waals surface area contributed by atoms with Crippen molar-refractivity contribution in [2.45, 2.75) is 31.0 Å². The van der Waals surface area contributed by atoms with Gasteiger partial charge in [-0.3, -0.25) is 25.4 Å². The Morgan fingerprint density at radius 3 is 2.45 bits per heavy atom. The van der Waals surface area contributed by atoms with Gasteiger partial charge in [0.05, 0.1) is 18.0 Å². The van der Waals surface area contributed by atoms with Crippen LogP contribution in [0.5, 0.6) is 0 Å². The number of guanidine groups is 1. The van der Waals surface area contributed by atoms with Crippen molar-refractivity contribution in [2.24, 2.45) is 15.9 Å². The van der Waals surface area contributed by atoms with E-state index in [0.717, 1.165) is 19.3 Å². The highest BCUT2D eigenvalue weighted by atomic mass is 35.5. The van der Waals surface area contributed by atoms with E-state index in [-0.39, 0.29) is 17.5 Å². The monoisotopic (exact) mass is 433 g/mol. The molecule has 1 unspecified atom stereocenters. The molecule has 1 aromatic carbocycles. The summed E-state index contributed by atoms with van der Waals surface area (Å²) in [4.78, 5) is 30.8. The van der Waals surface area contributed by atoms with Crippen molar-refractivity contribution in [3.05, 3.63) is 34.6 Å². The smallest absolute Gasteiger partial charge is 0.345 e. The number of alkyl halides is 3. The molecule has 0 aromatic heterocycles. The topological polar surface area (TPSA) is 95.0 Å². The van der Waals surface area contributed by atoms with Gasteiger partial charge in [-0.1, -0.05) is 17.7 Å². The SMILES string of the molecule is O=C(NNC(=O)C(F)(F)F)C1C=NC(NC2(c3ccc(F)cc3Cl)CCC2)=NC1. The summed E-state index contributed by atoms with van der Waals surface area (Å²) in [7, 11) is 0. The molecule has 0 bridgehead atoms. The van der Waals surface area contributed by atoms with Gasteiger partial charge in [0.2, 0.25) is 11.9 Å². The molecule has 1 aliphatic carbocycles. The molecular weight excluding hydrogens is 418 g/mol. The normalized spacial score (nSPS) is 20.3. The number of amides is 2.